The van der Waals surface area contributed by atoms with Crippen LogP contribution in [-0.4, -0.2) is 56.8 Å². The molecule has 1 aliphatic heterocycles. The molecule has 0 spiro atoms. The fraction of sp³-hybridized carbons (Fsp3) is 0.933. The summed E-state index contributed by atoms with van der Waals surface area (Å²) in [5.41, 5.74) is 0. The molecule has 23 heavy (non-hydrogen) atoms. The SMILES string of the molecule is CCCCNC(=NC)NCCC1CCN(CC(F)(F)F)CC1.I. The number of piperidine rings is 1. The lowest BCUT2D eigenvalue weighted by Crippen LogP contribution is -2.41. The number of hydrogen-bond acceptors (Lipinski definition) is 2. The van der Waals surface area contributed by atoms with Crippen molar-refractivity contribution in [2.45, 2.75) is 45.2 Å². The molecule has 1 saturated heterocycles. The van der Waals surface area contributed by atoms with Crippen LogP contribution >= 0.6 is 24.0 Å². The van der Waals surface area contributed by atoms with Crippen LogP contribution in [0.25, 0.3) is 0 Å². The number of guanidine groups is 1. The molecule has 1 rings (SSSR count). The first-order chi connectivity index (χ1) is 10.4. The van der Waals surface area contributed by atoms with E-state index in [1.165, 1.54) is 4.90 Å². The highest BCUT2D eigenvalue weighted by Gasteiger charge is 2.32. The second kappa shape index (κ2) is 12.2. The summed E-state index contributed by atoms with van der Waals surface area (Å²) < 4.78 is 37.0. The van der Waals surface area contributed by atoms with Crippen molar-refractivity contribution in [1.82, 2.24) is 15.5 Å². The van der Waals surface area contributed by atoms with Gasteiger partial charge in [-0.2, -0.15) is 13.2 Å². The summed E-state index contributed by atoms with van der Waals surface area (Å²) in [5.74, 6) is 1.31. The number of alkyl halides is 3. The van der Waals surface area contributed by atoms with Crippen molar-refractivity contribution in [2.24, 2.45) is 10.9 Å². The van der Waals surface area contributed by atoms with Crippen LogP contribution in [-0.2, 0) is 0 Å². The minimum Gasteiger partial charge on any atom is -0.356 e. The number of aliphatic imine (C=N–C) groups is 1. The van der Waals surface area contributed by atoms with E-state index in [0.717, 1.165) is 51.2 Å². The van der Waals surface area contributed by atoms with Crippen LogP contribution in [0.5, 0.6) is 0 Å². The number of rotatable bonds is 7. The molecule has 1 fully saturated rings. The van der Waals surface area contributed by atoms with Crippen LogP contribution in [0.15, 0.2) is 4.99 Å². The van der Waals surface area contributed by atoms with Crippen molar-refractivity contribution >= 4 is 29.9 Å². The van der Waals surface area contributed by atoms with E-state index >= 15 is 0 Å². The summed E-state index contributed by atoms with van der Waals surface area (Å²) >= 11 is 0. The van der Waals surface area contributed by atoms with Crippen LogP contribution < -0.4 is 10.6 Å². The largest absolute Gasteiger partial charge is 0.401 e. The van der Waals surface area contributed by atoms with Gasteiger partial charge >= 0.3 is 6.18 Å². The Morgan fingerprint density at radius 1 is 1.17 bits per heavy atom. The fourth-order valence-electron chi connectivity index (χ4n) is 2.69. The molecule has 0 radical (unpaired) electrons. The monoisotopic (exact) mass is 450 g/mol. The van der Waals surface area contributed by atoms with E-state index in [0.29, 0.717) is 19.0 Å². The molecule has 138 valence electrons. The summed E-state index contributed by atoms with van der Waals surface area (Å²) in [6.45, 7) is 4.19. The van der Waals surface area contributed by atoms with Crippen molar-refractivity contribution in [3.05, 3.63) is 0 Å². The third-order valence-electron chi connectivity index (χ3n) is 4.00. The molecule has 1 aliphatic rings. The number of halogens is 4. The van der Waals surface area contributed by atoms with E-state index in [9.17, 15) is 13.2 Å². The first kappa shape index (κ1) is 22.8. The lowest BCUT2D eigenvalue weighted by molar-refractivity contribution is -0.148. The Balaban J connectivity index is 0.00000484. The van der Waals surface area contributed by atoms with Gasteiger partial charge in [-0.05, 0) is 44.7 Å². The number of likely N-dealkylation sites (tertiary alicyclic amines) is 1. The Bertz CT molecular complexity index is 329. The molecule has 0 aromatic carbocycles. The van der Waals surface area contributed by atoms with Crippen LogP contribution in [0, 0.1) is 5.92 Å². The Labute approximate surface area is 154 Å². The van der Waals surface area contributed by atoms with E-state index < -0.39 is 12.7 Å². The quantitative estimate of drug-likeness (QED) is 0.271. The molecule has 1 heterocycles. The van der Waals surface area contributed by atoms with Crippen LogP contribution in [0.2, 0.25) is 0 Å². The van der Waals surface area contributed by atoms with E-state index in [2.05, 4.69) is 22.5 Å². The van der Waals surface area contributed by atoms with Crippen molar-refractivity contribution < 1.29 is 13.2 Å². The van der Waals surface area contributed by atoms with Gasteiger partial charge in [-0.1, -0.05) is 13.3 Å². The highest BCUT2D eigenvalue weighted by atomic mass is 127. The highest BCUT2D eigenvalue weighted by molar-refractivity contribution is 14.0. The van der Waals surface area contributed by atoms with Gasteiger partial charge in [0.25, 0.3) is 0 Å². The Morgan fingerprint density at radius 2 is 1.78 bits per heavy atom. The molecule has 0 bridgehead atoms. The van der Waals surface area contributed by atoms with Gasteiger partial charge in [0.1, 0.15) is 0 Å². The molecule has 0 amide bonds. The Kier molecular flexibility index (Phi) is 12.0. The topological polar surface area (TPSA) is 39.7 Å². The minimum absolute atomic E-state index is 0. The van der Waals surface area contributed by atoms with Gasteiger partial charge in [-0.15, -0.1) is 24.0 Å². The van der Waals surface area contributed by atoms with Crippen LogP contribution in [0.1, 0.15) is 39.0 Å². The van der Waals surface area contributed by atoms with Crippen LogP contribution in [0.4, 0.5) is 13.2 Å². The second-order valence-electron chi connectivity index (χ2n) is 5.90. The van der Waals surface area contributed by atoms with Crippen molar-refractivity contribution in [3.63, 3.8) is 0 Å². The average Bonchev–Trinajstić information content (AvgIpc) is 2.46. The molecule has 2 N–H and O–H groups in total. The van der Waals surface area contributed by atoms with Gasteiger partial charge in [0.05, 0.1) is 6.54 Å². The number of unbranched alkanes of at least 4 members (excludes halogenated alkanes) is 1. The summed E-state index contributed by atoms with van der Waals surface area (Å²) in [6.07, 6.45) is 0.845. The van der Waals surface area contributed by atoms with Crippen molar-refractivity contribution in [3.8, 4) is 0 Å². The summed E-state index contributed by atoms with van der Waals surface area (Å²) in [5, 5.41) is 6.52. The Hall–Kier alpha value is -0.250. The lowest BCUT2D eigenvalue weighted by atomic mass is 9.93. The molecule has 8 heteroatoms. The smallest absolute Gasteiger partial charge is 0.356 e. The molecule has 0 unspecified atom stereocenters. The molecular weight excluding hydrogens is 420 g/mol. The maximum atomic E-state index is 12.3. The van der Waals surface area contributed by atoms with Gasteiger partial charge in [-0.3, -0.25) is 9.89 Å². The molecule has 0 aliphatic carbocycles. The van der Waals surface area contributed by atoms with Crippen molar-refractivity contribution in [1.29, 1.82) is 0 Å². The molecule has 0 aromatic rings. The third-order valence-corrected chi connectivity index (χ3v) is 4.00. The summed E-state index contributed by atoms with van der Waals surface area (Å²) in [4.78, 5) is 5.67. The maximum Gasteiger partial charge on any atom is 0.401 e. The van der Waals surface area contributed by atoms with Gasteiger partial charge in [0.2, 0.25) is 0 Å². The van der Waals surface area contributed by atoms with Gasteiger partial charge in [0.15, 0.2) is 5.96 Å². The first-order valence-corrected chi connectivity index (χ1v) is 8.18. The van der Waals surface area contributed by atoms with Gasteiger partial charge in [-0.25, -0.2) is 0 Å². The summed E-state index contributed by atoms with van der Waals surface area (Å²) in [7, 11) is 1.75. The highest BCUT2D eigenvalue weighted by Crippen LogP contribution is 2.23. The standard InChI is InChI=1S/C15H29F3N4.HI/c1-3-4-8-20-14(19-2)21-9-5-13-6-10-22(11-7-13)12-15(16,17)18;/h13H,3-12H2,1-2H3,(H2,19,20,21);1H. The van der Waals surface area contributed by atoms with Gasteiger partial charge < -0.3 is 10.6 Å². The predicted octanol–water partition coefficient (Wildman–Crippen LogP) is 3.23. The number of nitrogens with zero attached hydrogens (tertiary/aromatic N) is 2. The molecular formula is C15H30F3IN4. The number of nitrogens with one attached hydrogen (secondary N) is 2. The zero-order chi connectivity index (χ0) is 16.4. The van der Waals surface area contributed by atoms with E-state index in [1.807, 2.05) is 0 Å². The van der Waals surface area contributed by atoms with E-state index in [1.54, 1.807) is 7.05 Å². The third kappa shape index (κ3) is 11.0. The Morgan fingerprint density at radius 3 is 2.30 bits per heavy atom. The zero-order valence-electron chi connectivity index (χ0n) is 14.1. The maximum absolute atomic E-state index is 12.3. The lowest BCUT2D eigenvalue weighted by Gasteiger charge is -2.32. The molecule has 0 aromatic heterocycles. The molecule has 0 saturated carbocycles. The molecule has 4 nitrogen and oxygen atoms in total. The van der Waals surface area contributed by atoms with Crippen molar-refractivity contribution in [2.75, 3.05) is 39.8 Å². The summed E-state index contributed by atoms with van der Waals surface area (Å²) in [6, 6.07) is 0. The molecule has 0 atom stereocenters. The first-order valence-electron chi connectivity index (χ1n) is 8.18. The minimum atomic E-state index is -4.08. The van der Waals surface area contributed by atoms with E-state index in [4.69, 9.17) is 0 Å². The zero-order valence-corrected chi connectivity index (χ0v) is 16.4. The van der Waals surface area contributed by atoms with Gasteiger partial charge in [0, 0.05) is 20.1 Å². The van der Waals surface area contributed by atoms with Crippen LogP contribution in [0.3, 0.4) is 0 Å². The average molecular weight is 450 g/mol. The van der Waals surface area contributed by atoms with E-state index in [-0.39, 0.29) is 24.0 Å². The fourth-order valence-corrected chi connectivity index (χ4v) is 2.69. The normalized spacial score (nSPS) is 17.7. The predicted molar refractivity (Wildman–Crippen MR) is 99.5 cm³/mol. The number of hydrogen-bond donors (Lipinski definition) is 2. The second-order valence-corrected chi connectivity index (χ2v) is 5.90.